The molecule has 298 valence electrons. The number of carbonyl (C=O) groups excluding carboxylic acids is 2. The van der Waals surface area contributed by atoms with Gasteiger partial charge in [-0.1, -0.05) is 6.07 Å². The van der Waals surface area contributed by atoms with Crippen LogP contribution in [0.2, 0.25) is 0 Å². The van der Waals surface area contributed by atoms with Crippen LogP contribution in [-0.2, 0) is 33.1 Å². The standard InChI is InChI=1S/C40H40F6N4O6/c1-22-15-24(36(51)56-38(3,4)5)7-8-29(22)26-18-31(35(53-6)47-20-26)30-9-10-33(49-11-13-54-14-12-49)48-32(30)21-50-23(2)34(55-37(50)52)25-16-27(39(41,42)43)19-28(17-25)40(44,45)46/h7-10,15-20,23,34H,11-14,21H2,1-6H3. The Morgan fingerprint density at radius 1 is 0.893 bits per heavy atom. The Morgan fingerprint density at radius 2 is 1.54 bits per heavy atom. The summed E-state index contributed by atoms with van der Waals surface area (Å²) in [7, 11) is 1.44. The monoisotopic (exact) mass is 786 g/mol. The molecule has 56 heavy (non-hydrogen) atoms. The molecule has 2 saturated heterocycles. The molecular formula is C40H40F6N4O6. The number of halogens is 6. The number of anilines is 1. The number of hydrogen-bond acceptors (Lipinski definition) is 9. The number of carbonyl (C=O) groups is 2. The molecule has 6 rings (SSSR count). The van der Waals surface area contributed by atoms with Gasteiger partial charge in [0.05, 0.1) is 55.3 Å². The lowest BCUT2D eigenvalue weighted by atomic mass is 9.95. The first-order valence-corrected chi connectivity index (χ1v) is 17.7. The van der Waals surface area contributed by atoms with E-state index in [1.165, 1.54) is 18.9 Å². The number of esters is 1. The van der Waals surface area contributed by atoms with Gasteiger partial charge in [-0.05, 0) is 99.8 Å². The van der Waals surface area contributed by atoms with E-state index in [2.05, 4.69) is 4.98 Å². The molecule has 16 heteroatoms. The Balaban J connectivity index is 1.40. The van der Waals surface area contributed by atoms with Crippen molar-refractivity contribution in [3.8, 4) is 28.1 Å². The van der Waals surface area contributed by atoms with Crippen molar-refractivity contribution < 1.29 is 54.9 Å². The molecule has 2 unspecified atom stereocenters. The molecule has 10 nitrogen and oxygen atoms in total. The first-order valence-electron chi connectivity index (χ1n) is 17.7. The first-order chi connectivity index (χ1) is 26.2. The highest BCUT2D eigenvalue weighted by Crippen LogP contribution is 2.42. The van der Waals surface area contributed by atoms with Gasteiger partial charge in [0.1, 0.15) is 17.5 Å². The van der Waals surface area contributed by atoms with Crippen LogP contribution in [0.3, 0.4) is 0 Å². The molecule has 2 aliphatic heterocycles. The van der Waals surface area contributed by atoms with E-state index in [4.69, 9.17) is 23.9 Å². The van der Waals surface area contributed by atoms with Gasteiger partial charge in [0.25, 0.3) is 0 Å². The first kappa shape index (κ1) is 40.3. The smallest absolute Gasteiger partial charge is 0.416 e. The molecule has 2 fully saturated rings. The molecule has 0 bridgehead atoms. The zero-order chi connectivity index (χ0) is 40.7. The molecule has 2 aromatic heterocycles. The molecule has 2 aromatic carbocycles. The summed E-state index contributed by atoms with van der Waals surface area (Å²) in [6.07, 6.45) is -11.0. The summed E-state index contributed by atoms with van der Waals surface area (Å²) in [6, 6.07) is 10.7. The quantitative estimate of drug-likeness (QED) is 0.128. The SMILES string of the molecule is COc1ncc(-c2ccc(C(=O)OC(C)(C)C)cc2C)cc1-c1ccc(N2CCOCC2)nc1CN1C(=O)OC(c2cc(C(F)(F)F)cc(C(F)(F)F)c2)C1C. The van der Waals surface area contributed by atoms with Crippen molar-refractivity contribution in [1.29, 1.82) is 0 Å². The van der Waals surface area contributed by atoms with E-state index < -0.39 is 58.9 Å². The highest BCUT2D eigenvalue weighted by Gasteiger charge is 2.44. The number of amides is 1. The molecule has 0 N–H and O–H groups in total. The van der Waals surface area contributed by atoms with Gasteiger partial charge in [0.15, 0.2) is 0 Å². The summed E-state index contributed by atoms with van der Waals surface area (Å²) in [5, 5.41) is 0. The van der Waals surface area contributed by atoms with Crippen LogP contribution in [0.1, 0.15) is 72.1 Å². The van der Waals surface area contributed by atoms with Gasteiger partial charge in [0.2, 0.25) is 5.88 Å². The lowest BCUT2D eigenvalue weighted by Crippen LogP contribution is -2.37. The molecule has 4 aromatic rings. The molecule has 1 amide bonds. The van der Waals surface area contributed by atoms with E-state index in [9.17, 15) is 35.9 Å². The maximum Gasteiger partial charge on any atom is 0.416 e. The number of hydrogen-bond donors (Lipinski definition) is 0. The van der Waals surface area contributed by atoms with Crippen LogP contribution in [0.15, 0.2) is 60.8 Å². The zero-order valence-corrected chi connectivity index (χ0v) is 31.5. The number of cyclic esters (lactones) is 1. The Hall–Kier alpha value is -5.38. The maximum atomic E-state index is 13.7. The molecular weight excluding hydrogens is 746 g/mol. The second-order valence-corrected chi connectivity index (χ2v) is 14.6. The second-order valence-electron chi connectivity index (χ2n) is 14.6. The number of methoxy groups -OCH3 is 1. The summed E-state index contributed by atoms with van der Waals surface area (Å²) in [5.41, 5.74) is -0.276. The average molecular weight is 787 g/mol. The molecule has 0 saturated carbocycles. The third-order valence-electron chi connectivity index (χ3n) is 9.45. The fourth-order valence-corrected chi connectivity index (χ4v) is 6.70. The van der Waals surface area contributed by atoms with E-state index in [1.54, 1.807) is 57.3 Å². The predicted octanol–water partition coefficient (Wildman–Crippen LogP) is 9.04. The lowest BCUT2D eigenvalue weighted by Gasteiger charge is -2.29. The number of aryl methyl sites for hydroxylation is 1. The van der Waals surface area contributed by atoms with E-state index in [0.717, 1.165) is 11.1 Å². The highest BCUT2D eigenvalue weighted by atomic mass is 19.4. The number of nitrogens with zero attached hydrogens (tertiary/aromatic N) is 4. The summed E-state index contributed by atoms with van der Waals surface area (Å²) >= 11 is 0. The Bertz CT molecular complexity index is 2100. The van der Waals surface area contributed by atoms with Crippen molar-refractivity contribution in [2.75, 3.05) is 38.3 Å². The van der Waals surface area contributed by atoms with Crippen LogP contribution in [0.25, 0.3) is 22.3 Å². The number of ether oxygens (including phenoxy) is 4. The van der Waals surface area contributed by atoms with Crippen molar-refractivity contribution in [3.63, 3.8) is 0 Å². The number of aromatic nitrogens is 2. The van der Waals surface area contributed by atoms with Crippen molar-refractivity contribution in [2.45, 2.75) is 71.3 Å². The Kier molecular flexibility index (Phi) is 11.0. The van der Waals surface area contributed by atoms with E-state index in [-0.39, 0.29) is 18.5 Å². The lowest BCUT2D eigenvalue weighted by molar-refractivity contribution is -0.143. The van der Waals surface area contributed by atoms with Gasteiger partial charge in [0, 0.05) is 36.0 Å². The summed E-state index contributed by atoms with van der Waals surface area (Å²) in [5.74, 6) is 0.313. The second kappa shape index (κ2) is 15.3. The number of alkyl halides is 6. The molecule has 0 radical (unpaired) electrons. The number of rotatable bonds is 8. The van der Waals surface area contributed by atoms with Crippen molar-refractivity contribution in [3.05, 3.63) is 94.3 Å². The summed E-state index contributed by atoms with van der Waals surface area (Å²) in [6.45, 7) is 10.4. The van der Waals surface area contributed by atoms with Crippen LogP contribution in [0, 0.1) is 6.92 Å². The predicted molar refractivity (Wildman–Crippen MR) is 193 cm³/mol. The molecule has 0 spiro atoms. The van der Waals surface area contributed by atoms with Crippen molar-refractivity contribution >= 4 is 17.9 Å². The largest absolute Gasteiger partial charge is 0.481 e. The van der Waals surface area contributed by atoms with Crippen LogP contribution in [0.5, 0.6) is 5.88 Å². The van der Waals surface area contributed by atoms with Crippen LogP contribution in [0.4, 0.5) is 37.0 Å². The molecule has 0 aliphatic carbocycles. The molecule has 2 atom stereocenters. The normalized spacial score (nSPS) is 17.9. The minimum absolute atomic E-state index is 0.0302. The van der Waals surface area contributed by atoms with E-state index >= 15 is 0 Å². The van der Waals surface area contributed by atoms with Gasteiger partial charge in [-0.25, -0.2) is 19.6 Å². The van der Waals surface area contributed by atoms with E-state index in [0.29, 0.717) is 72.2 Å². The fraction of sp³-hybridized carbons (Fsp3) is 0.400. The van der Waals surface area contributed by atoms with Gasteiger partial charge < -0.3 is 23.8 Å². The van der Waals surface area contributed by atoms with Crippen molar-refractivity contribution in [2.24, 2.45) is 0 Å². The van der Waals surface area contributed by atoms with Gasteiger partial charge in [-0.15, -0.1) is 0 Å². The van der Waals surface area contributed by atoms with Crippen LogP contribution >= 0.6 is 0 Å². The summed E-state index contributed by atoms with van der Waals surface area (Å²) < 4.78 is 105. The van der Waals surface area contributed by atoms with Crippen LogP contribution < -0.4 is 9.64 Å². The number of pyridine rings is 2. The number of morpholine rings is 1. The highest BCUT2D eigenvalue weighted by molar-refractivity contribution is 5.91. The van der Waals surface area contributed by atoms with E-state index in [1.807, 2.05) is 17.9 Å². The third kappa shape index (κ3) is 8.69. The Morgan fingerprint density at radius 3 is 2.12 bits per heavy atom. The topological polar surface area (TPSA) is 103 Å². The average Bonchev–Trinajstić information content (AvgIpc) is 3.41. The summed E-state index contributed by atoms with van der Waals surface area (Å²) in [4.78, 5) is 38.9. The minimum Gasteiger partial charge on any atom is -0.481 e. The fourth-order valence-electron chi connectivity index (χ4n) is 6.70. The third-order valence-corrected chi connectivity index (χ3v) is 9.45. The maximum absolute atomic E-state index is 13.7. The molecule has 4 heterocycles. The zero-order valence-electron chi connectivity index (χ0n) is 31.5. The van der Waals surface area contributed by atoms with Gasteiger partial charge >= 0.3 is 24.4 Å². The van der Waals surface area contributed by atoms with Crippen molar-refractivity contribution in [1.82, 2.24) is 14.9 Å². The van der Waals surface area contributed by atoms with Gasteiger partial charge in [-0.3, -0.25) is 4.90 Å². The Labute approximate surface area is 319 Å². The molecule has 2 aliphatic rings. The van der Waals surface area contributed by atoms with Crippen LogP contribution in [-0.4, -0.2) is 72.0 Å². The minimum atomic E-state index is -5.08. The number of benzene rings is 2. The van der Waals surface area contributed by atoms with Gasteiger partial charge in [-0.2, -0.15) is 26.3 Å².